The number of nitrogens with zero attached hydrogens (tertiary/aromatic N) is 4. The number of aliphatic hydroxyl groups is 1. The predicted octanol–water partition coefficient (Wildman–Crippen LogP) is 2.38. The molecule has 2 N–H and O–H groups in total. The van der Waals surface area contributed by atoms with Crippen molar-refractivity contribution in [1.29, 1.82) is 0 Å². The van der Waals surface area contributed by atoms with Crippen LogP contribution in [0, 0.1) is 26.7 Å². The molecule has 0 aromatic carbocycles. The van der Waals surface area contributed by atoms with Crippen LogP contribution < -0.4 is 4.90 Å². The van der Waals surface area contributed by atoms with E-state index in [0.717, 1.165) is 40.4 Å². The lowest BCUT2D eigenvalue weighted by atomic mass is 10.0. The van der Waals surface area contributed by atoms with Gasteiger partial charge in [0.05, 0.1) is 17.2 Å². The van der Waals surface area contributed by atoms with Gasteiger partial charge in [0.25, 0.3) is 0 Å². The number of aliphatic hydroxyl groups excluding tert-OH is 1. The summed E-state index contributed by atoms with van der Waals surface area (Å²) in [5, 5.41) is 18.9. The van der Waals surface area contributed by atoms with Crippen LogP contribution in [0.1, 0.15) is 21.8 Å². The van der Waals surface area contributed by atoms with E-state index in [0.29, 0.717) is 6.54 Å². The van der Waals surface area contributed by atoms with Crippen LogP contribution in [-0.4, -0.2) is 44.5 Å². The molecule has 1 aliphatic rings. The molecule has 0 unspecified atom stereocenters. The number of rotatable bonds is 3. The zero-order chi connectivity index (χ0) is 16.8. The quantitative estimate of drug-likeness (QED) is 0.763. The molecule has 6 nitrogen and oxygen atoms in total. The molecule has 0 spiro atoms. The molecule has 3 aromatic heterocycles. The molecule has 7 heteroatoms. The van der Waals surface area contributed by atoms with E-state index in [1.807, 2.05) is 13.0 Å². The highest BCUT2D eigenvalue weighted by molar-refractivity contribution is 7.18. The number of hydrogen-bond acceptors (Lipinski definition) is 6. The Labute approximate surface area is 144 Å². The van der Waals surface area contributed by atoms with E-state index in [4.69, 9.17) is 0 Å². The van der Waals surface area contributed by atoms with Gasteiger partial charge in [-0.3, -0.25) is 5.10 Å². The molecule has 3 aromatic rings. The van der Waals surface area contributed by atoms with Crippen LogP contribution in [0.25, 0.3) is 10.2 Å². The number of H-pyrrole nitrogens is 1. The maximum Gasteiger partial charge on any atom is 0.141 e. The fraction of sp³-hybridized carbons (Fsp3) is 0.471. The molecule has 4 heterocycles. The number of thiophene rings is 1. The van der Waals surface area contributed by atoms with Gasteiger partial charge in [-0.05, 0) is 38.8 Å². The van der Waals surface area contributed by atoms with E-state index in [1.165, 1.54) is 10.4 Å². The summed E-state index contributed by atoms with van der Waals surface area (Å²) in [6, 6.07) is 2.05. The van der Waals surface area contributed by atoms with Crippen molar-refractivity contribution < 1.29 is 5.11 Å². The Balaban J connectivity index is 1.62. The first kappa shape index (κ1) is 15.5. The normalized spacial score (nSPS) is 21.1. The number of aryl methyl sites for hydroxylation is 3. The third-order valence-electron chi connectivity index (χ3n) is 4.88. The number of anilines is 1. The Hall–Kier alpha value is -1.99. The highest BCUT2D eigenvalue weighted by atomic mass is 32.1. The van der Waals surface area contributed by atoms with Gasteiger partial charge >= 0.3 is 0 Å². The van der Waals surface area contributed by atoms with Crippen LogP contribution in [0.3, 0.4) is 0 Å². The lowest BCUT2D eigenvalue weighted by molar-refractivity contribution is 0.148. The lowest BCUT2D eigenvalue weighted by Crippen LogP contribution is -2.22. The standard InChI is InChI=1S/C17H21N5OS/c1-9-4-13(21-20-9)5-12-6-22(7-14(12)23)16-15-10(2)11(3)24-17(15)19-8-18-16/h4,8,12,14,23H,5-7H2,1-3H3,(H,20,21)/t12-,14-/m1/s1. The van der Waals surface area contributed by atoms with E-state index in [1.54, 1.807) is 17.7 Å². The van der Waals surface area contributed by atoms with Crippen molar-refractivity contribution >= 4 is 27.4 Å². The average Bonchev–Trinajstić information content (AvgIpc) is 3.20. The zero-order valence-electron chi connectivity index (χ0n) is 14.1. The lowest BCUT2D eigenvalue weighted by Gasteiger charge is -2.18. The third-order valence-corrected chi connectivity index (χ3v) is 6.00. The van der Waals surface area contributed by atoms with E-state index >= 15 is 0 Å². The highest BCUT2D eigenvalue weighted by Crippen LogP contribution is 2.36. The van der Waals surface area contributed by atoms with Gasteiger partial charge in [0.1, 0.15) is 17.0 Å². The summed E-state index contributed by atoms with van der Waals surface area (Å²) < 4.78 is 0. The summed E-state index contributed by atoms with van der Waals surface area (Å²) in [6.07, 6.45) is 2.04. The summed E-state index contributed by atoms with van der Waals surface area (Å²) in [5.74, 6) is 1.11. The van der Waals surface area contributed by atoms with Crippen molar-refractivity contribution in [2.45, 2.75) is 33.3 Å². The molecule has 24 heavy (non-hydrogen) atoms. The van der Waals surface area contributed by atoms with Crippen molar-refractivity contribution in [3.8, 4) is 0 Å². The molecule has 1 fully saturated rings. The summed E-state index contributed by atoms with van der Waals surface area (Å²) in [7, 11) is 0. The molecule has 0 radical (unpaired) electrons. The Morgan fingerprint density at radius 3 is 2.88 bits per heavy atom. The molecule has 0 amide bonds. The number of fused-ring (bicyclic) bond motifs is 1. The summed E-state index contributed by atoms with van der Waals surface area (Å²) in [6.45, 7) is 7.62. The first-order valence-electron chi connectivity index (χ1n) is 8.17. The Kier molecular flexibility index (Phi) is 3.77. The zero-order valence-corrected chi connectivity index (χ0v) is 14.9. The number of β-amino-alcohol motifs (C(OH)–C–C–N with tert-alkyl or cyclic N) is 1. The molecular formula is C17H21N5OS. The van der Waals surface area contributed by atoms with Crippen LogP contribution in [0.15, 0.2) is 12.4 Å². The van der Waals surface area contributed by atoms with Crippen LogP contribution in [0.4, 0.5) is 5.82 Å². The second kappa shape index (κ2) is 5.82. The van der Waals surface area contributed by atoms with E-state index in [-0.39, 0.29) is 12.0 Å². The number of aromatic amines is 1. The van der Waals surface area contributed by atoms with E-state index in [2.05, 4.69) is 38.9 Å². The SMILES string of the molecule is Cc1cc(C[C@@H]2CN(c3ncnc4sc(C)c(C)c34)C[C@H]2O)n[nH]1. The van der Waals surface area contributed by atoms with Crippen molar-refractivity contribution in [2.24, 2.45) is 5.92 Å². The van der Waals surface area contributed by atoms with Crippen molar-refractivity contribution in [2.75, 3.05) is 18.0 Å². The summed E-state index contributed by atoms with van der Waals surface area (Å²) in [4.78, 5) is 13.4. The van der Waals surface area contributed by atoms with Crippen LogP contribution in [0.2, 0.25) is 0 Å². The number of nitrogens with one attached hydrogen (secondary N) is 1. The van der Waals surface area contributed by atoms with Crippen LogP contribution in [-0.2, 0) is 6.42 Å². The number of aromatic nitrogens is 4. The maximum absolute atomic E-state index is 10.5. The highest BCUT2D eigenvalue weighted by Gasteiger charge is 2.33. The molecule has 1 saturated heterocycles. The monoisotopic (exact) mass is 343 g/mol. The van der Waals surface area contributed by atoms with Gasteiger partial charge < -0.3 is 10.0 Å². The Morgan fingerprint density at radius 1 is 1.29 bits per heavy atom. The second-order valence-corrected chi connectivity index (χ2v) is 7.84. The molecule has 0 bridgehead atoms. The first-order valence-corrected chi connectivity index (χ1v) is 8.99. The van der Waals surface area contributed by atoms with Gasteiger partial charge in [-0.2, -0.15) is 5.10 Å². The van der Waals surface area contributed by atoms with Crippen molar-refractivity contribution in [3.05, 3.63) is 34.2 Å². The van der Waals surface area contributed by atoms with E-state index < -0.39 is 0 Å². The van der Waals surface area contributed by atoms with Crippen LogP contribution in [0.5, 0.6) is 0 Å². The van der Waals surface area contributed by atoms with Crippen molar-refractivity contribution in [3.63, 3.8) is 0 Å². The molecule has 4 rings (SSSR count). The fourth-order valence-corrected chi connectivity index (χ4v) is 4.47. The first-order chi connectivity index (χ1) is 11.5. The molecule has 1 aliphatic heterocycles. The van der Waals surface area contributed by atoms with Gasteiger partial charge in [0, 0.05) is 29.6 Å². The Morgan fingerprint density at radius 2 is 2.12 bits per heavy atom. The maximum atomic E-state index is 10.5. The molecule has 0 aliphatic carbocycles. The van der Waals surface area contributed by atoms with Crippen LogP contribution >= 0.6 is 11.3 Å². The topological polar surface area (TPSA) is 77.9 Å². The average molecular weight is 343 g/mol. The van der Waals surface area contributed by atoms with Gasteiger partial charge in [-0.1, -0.05) is 0 Å². The third kappa shape index (κ3) is 2.57. The molecule has 0 saturated carbocycles. The molecular weight excluding hydrogens is 322 g/mol. The second-order valence-electron chi connectivity index (χ2n) is 6.64. The number of hydrogen-bond donors (Lipinski definition) is 2. The minimum Gasteiger partial charge on any atom is -0.391 e. The molecule has 2 atom stereocenters. The summed E-state index contributed by atoms with van der Waals surface area (Å²) in [5.41, 5.74) is 3.30. The van der Waals surface area contributed by atoms with Gasteiger partial charge in [0.2, 0.25) is 0 Å². The fourth-order valence-electron chi connectivity index (χ4n) is 3.48. The minimum atomic E-state index is -0.368. The largest absolute Gasteiger partial charge is 0.391 e. The Bertz CT molecular complexity index is 886. The summed E-state index contributed by atoms with van der Waals surface area (Å²) >= 11 is 1.70. The van der Waals surface area contributed by atoms with Gasteiger partial charge in [0.15, 0.2) is 0 Å². The minimum absolute atomic E-state index is 0.165. The van der Waals surface area contributed by atoms with Gasteiger partial charge in [-0.25, -0.2) is 9.97 Å². The van der Waals surface area contributed by atoms with E-state index in [9.17, 15) is 5.11 Å². The predicted molar refractivity (Wildman–Crippen MR) is 95.6 cm³/mol. The van der Waals surface area contributed by atoms with Crippen molar-refractivity contribution in [1.82, 2.24) is 20.2 Å². The molecule has 126 valence electrons. The van der Waals surface area contributed by atoms with Gasteiger partial charge in [-0.15, -0.1) is 11.3 Å². The smallest absolute Gasteiger partial charge is 0.141 e.